The van der Waals surface area contributed by atoms with Crippen LogP contribution in [0.4, 0.5) is 0 Å². The predicted octanol–water partition coefficient (Wildman–Crippen LogP) is 2.48. The number of likely N-dealkylation sites (tertiary alicyclic amines) is 1. The lowest BCUT2D eigenvalue weighted by Gasteiger charge is -2.31. The van der Waals surface area contributed by atoms with Gasteiger partial charge in [0.05, 0.1) is 6.42 Å². The van der Waals surface area contributed by atoms with Gasteiger partial charge in [-0.25, -0.2) is 0 Å². The number of fused-ring (bicyclic) bond motifs is 1. The van der Waals surface area contributed by atoms with Crippen LogP contribution in [-0.2, 0) is 17.8 Å². The van der Waals surface area contributed by atoms with E-state index >= 15 is 0 Å². The molecule has 108 valence electrons. The number of benzene rings is 1. The first-order valence-corrected chi connectivity index (χ1v) is 7.85. The molecule has 0 bridgehead atoms. The Kier molecular flexibility index (Phi) is 4.06. The third kappa shape index (κ3) is 2.73. The first-order chi connectivity index (χ1) is 9.78. The Labute approximate surface area is 121 Å². The van der Waals surface area contributed by atoms with E-state index in [1.807, 2.05) is 24.3 Å². The first kappa shape index (κ1) is 13.6. The summed E-state index contributed by atoms with van der Waals surface area (Å²) in [6, 6.07) is 8.65. The number of hydrogen-bond acceptors (Lipinski definition) is 2. The summed E-state index contributed by atoms with van der Waals surface area (Å²) in [4.78, 5) is 14.7. The molecular weight excluding hydrogens is 248 g/mol. The van der Waals surface area contributed by atoms with Gasteiger partial charge in [-0.2, -0.15) is 0 Å². The molecule has 1 aromatic rings. The average molecular weight is 272 g/mol. The summed E-state index contributed by atoms with van der Waals surface area (Å²) in [6.07, 6.45) is 6.92. The van der Waals surface area contributed by atoms with Crippen LogP contribution in [0.5, 0.6) is 0 Å². The van der Waals surface area contributed by atoms with Crippen molar-refractivity contribution in [1.29, 1.82) is 0 Å². The predicted molar refractivity (Wildman–Crippen MR) is 80.1 cm³/mol. The number of rotatable bonds is 3. The van der Waals surface area contributed by atoms with Gasteiger partial charge in [-0.15, -0.1) is 0 Å². The third-order valence-corrected chi connectivity index (χ3v) is 4.94. The van der Waals surface area contributed by atoms with E-state index in [-0.39, 0.29) is 0 Å². The Morgan fingerprint density at radius 1 is 1.10 bits per heavy atom. The Morgan fingerprint density at radius 2 is 1.80 bits per heavy atom. The molecule has 1 saturated carbocycles. The van der Waals surface area contributed by atoms with E-state index in [2.05, 4.69) is 4.90 Å². The smallest absolute Gasteiger partial charge is 0.227 e. The van der Waals surface area contributed by atoms with Crippen molar-refractivity contribution in [1.82, 2.24) is 4.90 Å². The second kappa shape index (κ2) is 5.96. The second-order valence-electron chi connectivity index (χ2n) is 6.19. The first-order valence-electron chi connectivity index (χ1n) is 7.85. The van der Waals surface area contributed by atoms with Crippen LogP contribution in [0.3, 0.4) is 0 Å². The molecule has 3 rings (SSSR count). The zero-order chi connectivity index (χ0) is 13.9. The Morgan fingerprint density at radius 3 is 2.55 bits per heavy atom. The number of amides is 1. The van der Waals surface area contributed by atoms with E-state index in [0.717, 1.165) is 23.6 Å². The van der Waals surface area contributed by atoms with Crippen LogP contribution in [0.15, 0.2) is 24.3 Å². The molecule has 0 aromatic heterocycles. The Hall–Kier alpha value is -1.35. The Balaban J connectivity index is 1.63. The van der Waals surface area contributed by atoms with E-state index in [9.17, 15) is 4.79 Å². The lowest BCUT2D eigenvalue weighted by atomic mass is 9.85. The standard InChI is InChI=1S/C17H24N2O/c18-12-14-7-5-13(6-8-14)11-17(20)19-10-9-15-3-1-2-4-16(15)19/h5-8,15-16H,1-4,9-12,18H2. The molecular formula is C17H24N2O. The maximum absolute atomic E-state index is 12.5. The molecule has 0 radical (unpaired) electrons. The fourth-order valence-corrected chi connectivity index (χ4v) is 3.78. The van der Waals surface area contributed by atoms with Gasteiger partial charge in [0, 0.05) is 19.1 Å². The van der Waals surface area contributed by atoms with E-state index in [1.165, 1.54) is 32.1 Å². The summed E-state index contributed by atoms with van der Waals surface area (Å²) in [5.74, 6) is 1.08. The normalized spacial score (nSPS) is 25.6. The zero-order valence-corrected chi connectivity index (χ0v) is 12.1. The summed E-state index contributed by atoms with van der Waals surface area (Å²) < 4.78 is 0. The van der Waals surface area contributed by atoms with Crippen molar-refractivity contribution in [2.24, 2.45) is 11.7 Å². The highest BCUT2D eigenvalue weighted by Gasteiger charge is 2.37. The van der Waals surface area contributed by atoms with Gasteiger partial charge in [0.15, 0.2) is 0 Å². The lowest BCUT2D eigenvalue weighted by Crippen LogP contribution is -2.40. The molecule has 3 nitrogen and oxygen atoms in total. The van der Waals surface area contributed by atoms with Crippen LogP contribution < -0.4 is 5.73 Å². The summed E-state index contributed by atoms with van der Waals surface area (Å²) >= 11 is 0. The zero-order valence-electron chi connectivity index (χ0n) is 12.1. The highest BCUT2D eigenvalue weighted by molar-refractivity contribution is 5.79. The molecule has 1 amide bonds. The van der Waals surface area contributed by atoms with Crippen molar-refractivity contribution >= 4 is 5.91 Å². The number of carbonyl (C=O) groups is 1. The number of hydrogen-bond donors (Lipinski definition) is 1. The topological polar surface area (TPSA) is 46.3 Å². The summed E-state index contributed by atoms with van der Waals surface area (Å²) in [5.41, 5.74) is 7.82. The molecule has 1 heterocycles. The fourth-order valence-electron chi connectivity index (χ4n) is 3.78. The average Bonchev–Trinajstić information content (AvgIpc) is 2.92. The minimum atomic E-state index is 0.305. The number of carbonyl (C=O) groups excluding carboxylic acids is 1. The van der Waals surface area contributed by atoms with Crippen LogP contribution in [0, 0.1) is 5.92 Å². The van der Waals surface area contributed by atoms with Gasteiger partial charge in [-0.1, -0.05) is 37.1 Å². The quantitative estimate of drug-likeness (QED) is 0.919. The van der Waals surface area contributed by atoms with Gasteiger partial charge in [-0.05, 0) is 36.3 Å². The minimum Gasteiger partial charge on any atom is -0.339 e. The van der Waals surface area contributed by atoms with Gasteiger partial charge < -0.3 is 10.6 Å². The van der Waals surface area contributed by atoms with Crippen LogP contribution in [0.25, 0.3) is 0 Å². The van der Waals surface area contributed by atoms with E-state index in [4.69, 9.17) is 5.73 Å². The monoisotopic (exact) mass is 272 g/mol. The maximum Gasteiger partial charge on any atom is 0.227 e. The molecule has 2 fully saturated rings. The highest BCUT2D eigenvalue weighted by Crippen LogP contribution is 2.36. The van der Waals surface area contributed by atoms with Crippen molar-refractivity contribution < 1.29 is 4.79 Å². The molecule has 3 heteroatoms. The van der Waals surface area contributed by atoms with Gasteiger partial charge >= 0.3 is 0 Å². The molecule has 1 aliphatic heterocycles. The molecule has 2 unspecified atom stereocenters. The molecule has 2 aliphatic rings. The summed E-state index contributed by atoms with van der Waals surface area (Å²) in [5, 5.41) is 0. The van der Waals surface area contributed by atoms with Gasteiger partial charge in [0.2, 0.25) is 5.91 Å². The van der Waals surface area contributed by atoms with E-state index in [1.54, 1.807) is 0 Å². The molecule has 2 atom stereocenters. The van der Waals surface area contributed by atoms with Gasteiger partial charge in [0.1, 0.15) is 0 Å². The Bertz CT molecular complexity index is 468. The molecule has 1 aromatic carbocycles. The summed E-state index contributed by atoms with van der Waals surface area (Å²) in [6.45, 7) is 1.53. The molecule has 1 aliphatic carbocycles. The van der Waals surface area contributed by atoms with Crippen molar-refractivity contribution in [3.63, 3.8) is 0 Å². The van der Waals surface area contributed by atoms with Crippen LogP contribution in [-0.4, -0.2) is 23.4 Å². The van der Waals surface area contributed by atoms with Gasteiger partial charge in [-0.3, -0.25) is 4.79 Å². The van der Waals surface area contributed by atoms with Crippen molar-refractivity contribution in [2.75, 3.05) is 6.54 Å². The van der Waals surface area contributed by atoms with Crippen LogP contribution >= 0.6 is 0 Å². The van der Waals surface area contributed by atoms with Crippen LogP contribution in [0.1, 0.15) is 43.2 Å². The molecule has 1 saturated heterocycles. The van der Waals surface area contributed by atoms with Crippen molar-refractivity contribution in [3.8, 4) is 0 Å². The van der Waals surface area contributed by atoms with Crippen LogP contribution in [0.2, 0.25) is 0 Å². The largest absolute Gasteiger partial charge is 0.339 e. The fraction of sp³-hybridized carbons (Fsp3) is 0.588. The SMILES string of the molecule is NCc1ccc(CC(=O)N2CCC3CCCCC32)cc1. The van der Waals surface area contributed by atoms with E-state index in [0.29, 0.717) is 24.9 Å². The summed E-state index contributed by atoms with van der Waals surface area (Å²) in [7, 11) is 0. The molecule has 20 heavy (non-hydrogen) atoms. The molecule has 0 spiro atoms. The third-order valence-electron chi connectivity index (χ3n) is 4.94. The number of nitrogens with zero attached hydrogens (tertiary/aromatic N) is 1. The van der Waals surface area contributed by atoms with E-state index < -0.39 is 0 Å². The lowest BCUT2D eigenvalue weighted by molar-refractivity contribution is -0.132. The minimum absolute atomic E-state index is 0.305. The van der Waals surface area contributed by atoms with Crippen molar-refractivity contribution in [3.05, 3.63) is 35.4 Å². The molecule has 2 N–H and O–H groups in total. The van der Waals surface area contributed by atoms with Crippen molar-refractivity contribution in [2.45, 2.75) is 51.1 Å². The second-order valence-corrected chi connectivity index (χ2v) is 6.19. The number of nitrogens with two attached hydrogens (primary N) is 1. The van der Waals surface area contributed by atoms with Gasteiger partial charge in [0.25, 0.3) is 0 Å². The maximum atomic E-state index is 12.5. The highest BCUT2D eigenvalue weighted by atomic mass is 16.2.